The summed E-state index contributed by atoms with van der Waals surface area (Å²) in [4.78, 5) is 30.1. The number of hydrogen-bond donors (Lipinski definition) is 1. The molecule has 0 aliphatic carbocycles. The van der Waals surface area contributed by atoms with Gasteiger partial charge in [-0.15, -0.1) is 11.3 Å². The Hall–Kier alpha value is -3.78. The van der Waals surface area contributed by atoms with Gasteiger partial charge in [0, 0.05) is 27.9 Å². The van der Waals surface area contributed by atoms with E-state index in [1.54, 1.807) is 37.4 Å². The first-order chi connectivity index (χ1) is 16.3. The van der Waals surface area contributed by atoms with Crippen LogP contribution in [0, 0.1) is 5.82 Å². The van der Waals surface area contributed by atoms with E-state index in [1.165, 1.54) is 31.6 Å². The van der Waals surface area contributed by atoms with Crippen molar-refractivity contribution in [1.82, 2.24) is 10.3 Å². The predicted molar refractivity (Wildman–Crippen MR) is 128 cm³/mol. The van der Waals surface area contributed by atoms with Crippen molar-refractivity contribution in [1.29, 1.82) is 0 Å². The number of nitrogens with zero attached hydrogens (tertiary/aromatic N) is 1. The second-order valence-corrected chi connectivity index (χ2v) is 8.62. The third-order valence-electron chi connectivity index (χ3n) is 5.69. The zero-order valence-corrected chi connectivity index (χ0v) is 20.0. The lowest BCUT2D eigenvalue weighted by atomic mass is 9.80. The summed E-state index contributed by atoms with van der Waals surface area (Å²) >= 11 is 1.39. The third kappa shape index (κ3) is 4.24. The molecular formula is C26H23FN2O4S. The summed E-state index contributed by atoms with van der Waals surface area (Å²) in [6.45, 7) is 3.53. The van der Waals surface area contributed by atoms with Gasteiger partial charge < -0.3 is 14.8 Å². The summed E-state index contributed by atoms with van der Waals surface area (Å²) in [5.74, 6) is -2.10. The number of nitrogens with one attached hydrogen (secondary N) is 1. The van der Waals surface area contributed by atoms with Gasteiger partial charge in [0.1, 0.15) is 10.8 Å². The lowest BCUT2D eigenvalue weighted by Gasteiger charge is -2.30. The first kappa shape index (κ1) is 23.4. The molecular weight excluding hydrogens is 455 g/mol. The zero-order chi connectivity index (χ0) is 24.4. The molecule has 0 atom stereocenters. The maximum atomic E-state index is 14.2. The van der Waals surface area contributed by atoms with Crippen LogP contribution in [0.4, 0.5) is 4.39 Å². The fraction of sp³-hybridized carbons (Fsp3) is 0.192. The minimum absolute atomic E-state index is 0.330. The van der Waals surface area contributed by atoms with Gasteiger partial charge in [0.2, 0.25) is 0 Å². The average molecular weight is 479 g/mol. The summed E-state index contributed by atoms with van der Waals surface area (Å²) in [5, 5.41) is 5.59. The van der Waals surface area contributed by atoms with Crippen molar-refractivity contribution in [3.05, 3.63) is 87.8 Å². The lowest BCUT2D eigenvalue weighted by molar-refractivity contribution is -0.137. The topological polar surface area (TPSA) is 77.5 Å². The fourth-order valence-corrected chi connectivity index (χ4v) is 4.96. The Labute approximate surface area is 200 Å². The fourth-order valence-electron chi connectivity index (χ4n) is 4.14. The monoisotopic (exact) mass is 478 g/mol. The summed E-state index contributed by atoms with van der Waals surface area (Å²) in [6.07, 6.45) is 0. The van der Waals surface area contributed by atoms with E-state index >= 15 is 0 Å². The number of hydrogen-bond acceptors (Lipinski definition) is 7. The van der Waals surface area contributed by atoms with Crippen molar-refractivity contribution < 1.29 is 23.5 Å². The van der Waals surface area contributed by atoms with Crippen LogP contribution in [0.25, 0.3) is 21.8 Å². The number of esters is 2. The van der Waals surface area contributed by atoms with E-state index in [1.807, 2.05) is 24.3 Å². The molecule has 1 N–H and O–H groups in total. The molecule has 0 bridgehead atoms. The van der Waals surface area contributed by atoms with Crippen molar-refractivity contribution in [2.75, 3.05) is 14.2 Å². The first-order valence-corrected chi connectivity index (χ1v) is 11.4. The van der Waals surface area contributed by atoms with Crippen molar-refractivity contribution in [3.8, 4) is 21.8 Å². The van der Waals surface area contributed by atoms with Crippen LogP contribution in [-0.4, -0.2) is 31.1 Å². The van der Waals surface area contributed by atoms with Crippen molar-refractivity contribution in [3.63, 3.8) is 0 Å². The molecule has 6 nitrogen and oxygen atoms in total. The third-order valence-corrected chi connectivity index (χ3v) is 6.58. The van der Waals surface area contributed by atoms with Crippen LogP contribution in [0.2, 0.25) is 0 Å². The predicted octanol–water partition coefficient (Wildman–Crippen LogP) is 5.20. The second kappa shape index (κ2) is 9.61. The Balaban J connectivity index is 1.81. The highest BCUT2D eigenvalue weighted by Gasteiger charge is 2.37. The number of halogens is 1. The van der Waals surface area contributed by atoms with E-state index in [0.29, 0.717) is 44.4 Å². The lowest BCUT2D eigenvalue weighted by Crippen LogP contribution is -2.32. The van der Waals surface area contributed by atoms with Crippen LogP contribution in [0.15, 0.2) is 76.5 Å². The van der Waals surface area contributed by atoms with Gasteiger partial charge in [0.05, 0.1) is 37.0 Å². The van der Waals surface area contributed by atoms with Gasteiger partial charge >= 0.3 is 11.9 Å². The van der Waals surface area contributed by atoms with E-state index in [4.69, 9.17) is 9.47 Å². The van der Waals surface area contributed by atoms with Gasteiger partial charge in [0.25, 0.3) is 0 Å². The molecule has 8 heteroatoms. The average Bonchev–Trinajstić information content (AvgIpc) is 3.33. The van der Waals surface area contributed by atoms with Gasteiger partial charge in [-0.25, -0.2) is 19.0 Å². The molecule has 0 unspecified atom stereocenters. The molecule has 0 saturated carbocycles. The van der Waals surface area contributed by atoms with E-state index < -0.39 is 17.9 Å². The molecule has 0 saturated heterocycles. The Bertz CT molecular complexity index is 1300. The van der Waals surface area contributed by atoms with Gasteiger partial charge in [-0.2, -0.15) is 0 Å². The van der Waals surface area contributed by atoms with Crippen LogP contribution in [0.3, 0.4) is 0 Å². The molecule has 174 valence electrons. The molecule has 1 aromatic heterocycles. The van der Waals surface area contributed by atoms with Gasteiger partial charge in [0.15, 0.2) is 0 Å². The van der Waals surface area contributed by atoms with Crippen molar-refractivity contribution >= 4 is 23.3 Å². The molecule has 3 aromatic rings. The largest absolute Gasteiger partial charge is 0.466 e. The SMILES string of the molecule is COC(=O)C1=C(C)NC(C)=C(C(=O)OC)C1c1cccc(-c2nc(-c3ccccc3F)cs2)c1. The Morgan fingerprint density at radius 3 is 2.24 bits per heavy atom. The minimum Gasteiger partial charge on any atom is -0.466 e. The number of aromatic nitrogens is 1. The smallest absolute Gasteiger partial charge is 0.336 e. The molecule has 0 radical (unpaired) electrons. The number of methoxy groups -OCH3 is 2. The van der Waals surface area contributed by atoms with Gasteiger partial charge in [-0.05, 0) is 37.6 Å². The quantitative estimate of drug-likeness (QED) is 0.508. The Kier molecular flexibility index (Phi) is 6.61. The second-order valence-electron chi connectivity index (χ2n) is 7.76. The summed E-state index contributed by atoms with van der Waals surface area (Å²) in [5.41, 5.74) is 4.33. The number of rotatable bonds is 5. The van der Waals surface area contributed by atoms with Crippen LogP contribution in [0.1, 0.15) is 25.3 Å². The summed E-state index contributed by atoms with van der Waals surface area (Å²) < 4.78 is 24.3. The number of ether oxygens (including phenoxy) is 2. The van der Waals surface area contributed by atoms with Gasteiger partial charge in [-0.1, -0.05) is 30.3 Å². The number of dihydropyridines is 1. The molecule has 2 heterocycles. The van der Waals surface area contributed by atoms with Crippen LogP contribution in [0.5, 0.6) is 0 Å². The highest BCUT2D eigenvalue weighted by molar-refractivity contribution is 7.13. The number of carbonyl (C=O) groups excluding carboxylic acids is 2. The highest BCUT2D eigenvalue weighted by atomic mass is 32.1. The first-order valence-electron chi connectivity index (χ1n) is 10.5. The van der Waals surface area contributed by atoms with Crippen molar-refractivity contribution in [2.24, 2.45) is 0 Å². The standard InChI is InChI=1S/C26H23FN2O4S/c1-14-21(25(30)32-3)23(22(15(2)28-14)26(31)33-4)16-8-7-9-17(12-16)24-29-20(13-34-24)18-10-5-6-11-19(18)27/h5-13,23,28H,1-4H3. The molecule has 0 amide bonds. The van der Waals surface area contributed by atoms with E-state index in [-0.39, 0.29) is 5.82 Å². The number of thiazole rings is 1. The van der Waals surface area contributed by atoms with E-state index in [0.717, 1.165) is 5.56 Å². The maximum absolute atomic E-state index is 14.2. The molecule has 2 aromatic carbocycles. The Morgan fingerprint density at radius 2 is 1.62 bits per heavy atom. The Morgan fingerprint density at radius 1 is 0.971 bits per heavy atom. The normalized spacial score (nSPS) is 14.1. The van der Waals surface area contributed by atoms with Gasteiger partial charge in [-0.3, -0.25) is 0 Å². The molecule has 1 aliphatic heterocycles. The van der Waals surface area contributed by atoms with Crippen LogP contribution in [-0.2, 0) is 19.1 Å². The van der Waals surface area contributed by atoms with E-state index in [9.17, 15) is 14.0 Å². The maximum Gasteiger partial charge on any atom is 0.336 e. The van der Waals surface area contributed by atoms with E-state index in [2.05, 4.69) is 10.3 Å². The summed E-state index contributed by atoms with van der Waals surface area (Å²) in [6, 6.07) is 13.9. The molecule has 34 heavy (non-hydrogen) atoms. The number of carbonyl (C=O) groups is 2. The van der Waals surface area contributed by atoms with Crippen molar-refractivity contribution in [2.45, 2.75) is 19.8 Å². The zero-order valence-electron chi connectivity index (χ0n) is 19.1. The molecule has 0 fully saturated rings. The van der Waals surface area contributed by atoms with Crippen LogP contribution < -0.4 is 5.32 Å². The number of allylic oxidation sites excluding steroid dienone is 2. The molecule has 1 aliphatic rings. The molecule has 0 spiro atoms. The highest BCUT2D eigenvalue weighted by Crippen LogP contribution is 2.40. The minimum atomic E-state index is -0.688. The molecule has 4 rings (SSSR count). The summed E-state index contributed by atoms with van der Waals surface area (Å²) in [7, 11) is 2.61. The van der Waals surface area contributed by atoms with Crippen LogP contribution >= 0.6 is 11.3 Å². The number of benzene rings is 2.